The molecule has 0 spiro atoms. The summed E-state index contributed by atoms with van der Waals surface area (Å²) in [6.45, 7) is 0.796. The first-order chi connectivity index (χ1) is 10.4. The fourth-order valence-corrected chi connectivity index (χ4v) is 3.54. The quantitative estimate of drug-likeness (QED) is 0.524. The maximum Gasteiger partial charge on any atom is 0.125 e. The first-order valence-electron chi connectivity index (χ1n) is 6.68. The van der Waals surface area contributed by atoms with E-state index in [0.29, 0.717) is 5.88 Å². The molecule has 0 saturated heterocycles. The second-order valence-electron chi connectivity index (χ2n) is 4.84. The molecule has 1 aromatic carbocycles. The number of pyridine rings is 1. The highest BCUT2D eigenvalue weighted by molar-refractivity contribution is 7.09. The Morgan fingerprint density at radius 2 is 2.00 bits per heavy atom. The summed E-state index contributed by atoms with van der Waals surface area (Å²) in [5, 5.41) is 3.21. The second-order valence-corrected chi connectivity index (χ2v) is 6.14. The van der Waals surface area contributed by atoms with Gasteiger partial charge in [0.05, 0.1) is 29.7 Å². The molecule has 0 aliphatic heterocycles. The summed E-state index contributed by atoms with van der Waals surface area (Å²) in [6.07, 6.45) is 1.83. The van der Waals surface area contributed by atoms with Gasteiger partial charge in [0.2, 0.25) is 0 Å². The maximum absolute atomic E-state index is 6.09. The molecule has 0 amide bonds. The Labute approximate surface area is 130 Å². The largest absolute Gasteiger partial charge is 0.321 e. The van der Waals surface area contributed by atoms with Gasteiger partial charge in [-0.3, -0.25) is 4.98 Å². The van der Waals surface area contributed by atoms with Gasteiger partial charge in [0, 0.05) is 10.3 Å². The van der Waals surface area contributed by atoms with Crippen LogP contribution in [0.5, 0.6) is 0 Å². The Hall–Kier alpha value is -1.91. The Morgan fingerprint density at radius 1 is 1.10 bits per heavy atom. The van der Waals surface area contributed by atoms with E-state index in [4.69, 9.17) is 11.6 Å². The number of para-hydroxylation sites is 1. The third-order valence-electron chi connectivity index (χ3n) is 3.57. The lowest BCUT2D eigenvalue weighted by Gasteiger charge is -2.07. The normalized spacial score (nSPS) is 11.5. The van der Waals surface area contributed by atoms with E-state index in [1.807, 2.05) is 24.4 Å². The number of halogens is 1. The molecule has 0 bridgehead atoms. The van der Waals surface area contributed by atoms with Crippen molar-refractivity contribution in [1.82, 2.24) is 14.5 Å². The Bertz CT molecular complexity index is 912. The van der Waals surface area contributed by atoms with Crippen LogP contribution >= 0.6 is 22.9 Å². The zero-order chi connectivity index (χ0) is 14.2. The van der Waals surface area contributed by atoms with Crippen molar-refractivity contribution in [2.45, 2.75) is 12.4 Å². The minimum Gasteiger partial charge on any atom is -0.321 e. The average Bonchev–Trinajstić information content (AvgIpc) is 3.15. The van der Waals surface area contributed by atoms with Gasteiger partial charge in [0.15, 0.2) is 0 Å². The number of rotatable bonds is 3. The van der Waals surface area contributed by atoms with Crippen molar-refractivity contribution in [1.29, 1.82) is 0 Å². The molecule has 3 nitrogen and oxygen atoms in total. The van der Waals surface area contributed by atoms with Crippen LogP contribution < -0.4 is 0 Å². The minimum absolute atomic E-state index is 0.397. The standard InChI is InChI=1S/C16H12ClN3S/c17-8-15-19-14-9-18-13-6-2-1-5-12(13)16(14)20(15)10-11-4-3-7-21-11/h1-7,9H,8,10H2. The number of benzene rings is 1. The van der Waals surface area contributed by atoms with E-state index in [9.17, 15) is 0 Å². The molecule has 104 valence electrons. The van der Waals surface area contributed by atoms with Gasteiger partial charge >= 0.3 is 0 Å². The number of hydrogen-bond acceptors (Lipinski definition) is 3. The predicted octanol–water partition coefficient (Wildman–Crippen LogP) is 4.43. The molecule has 4 aromatic rings. The zero-order valence-electron chi connectivity index (χ0n) is 11.2. The molecule has 0 fully saturated rings. The van der Waals surface area contributed by atoms with E-state index < -0.39 is 0 Å². The number of fused-ring (bicyclic) bond motifs is 3. The van der Waals surface area contributed by atoms with E-state index in [0.717, 1.165) is 34.3 Å². The fourth-order valence-electron chi connectivity index (χ4n) is 2.64. The fraction of sp³-hybridized carbons (Fsp3) is 0.125. The van der Waals surface area contributed by atoms with Gasteiger partial charge in [-0.1, -0.05) is 24.3 Å². The molecular formula is C16H12ClN3S. The first kappa shape index (κ1) is 12.8. The number of hydrogen-bond donors (Lipinski definition) is 0. The highest BCUT2D eigenvalue weighted by Gasteiger charge is 2.14. The Balaban J connectivity index is 2.03. The van der Waals surface area contributed by atoms with Crippen molar-refractivity contribution >= 4 is 44.9 Å². The van der Waals surface area contributed by atoms with Gasteiger partial charge in [0.1, 0.15) is 11.3 Å². The lowest BCUT2D eigenvalue weighted by molar-refractivity contribution is 0.791. The maximum atomic E-state index is 6.09. The first-order valence-corrected chi connectivity index (χ1v) is 8.09. The number of aromatic nitrogens is 3. The SMILES string of the molecule is ClCc1nc2cnc3ccccc3c2n1Cc1cccs1. The van der Waals surface area contributed by atoms with Crippen molar-refractivity contribution < 1.29 is 0 Å². The Morgan fingerprint density at radius 3 is 2.81 bits per heavy atom. The van der Waals surface area contributed by atoms with Crippen LogP contribution in [0.25, 0.3) is 21.9 Å². The van der Waals surface area contributed by atoms with Gasteiger partial charge < -0.3 is 4.57 Å². The summed E-state index contributed by atoms with van der Waals surface area (Å²) >= 11 is 7.84. The van der Waals surface area contributed by atoms with Crippen LogP contribution in [0.4, 0.5) is 0 Å². The van der Waals surface area contributed by atoms with Gasteiger partial charge in [-0.25, -0.2) is 4.98 Å². The van der Waals surface area contributed by atoms with E-state index in [-0.39, 0.29) is 0 Å². The van der Waals surface area contributed by atoms with Crippen molar-refractivity contribution in [2.75, 3.05) is 0 Å². The molecule has 0 unspecified atom stereocenters. The molecule has 3 heterocycles. The van der Waals surface area contributed by atoms with E-state index in [2.05, 4.69) is 38.1 Å². The number of imidazole rings is 1. The second kappa shape index (κ2) is 5.13. The van der Waals surface area contributed by atoms with E-state index in [1.54, 1.807) is 11.3 Å². The number of alkyl halides is 1. The molecule has 3 aromatic heterocycles. The lowest BCUT2D eigenvalue weighted by Crippen LogP contribution is -2.02. The highest BCUT2D eigenvalue weighted by atomic mass is 35.5. The number of thiophene rings is 1. The third kappa shape index (κ3) is 2.11. The van der Waals surface area contributed by atoms with Crippen LogP contribution in [0.15, 0.2) is 48.0 Å². The van der Waals surface area contributed by atoms with Crippen molar-refractivity contribution in [3.8, 4) is 0 Å². The lowest BCUT2D eigenvalue weighted by atomic mass is 10.2. The molecule has 21 heavy (non-hydrogen) atoms. The van der Waals surface area contributed by atoms with Gasteiger partial charge in [0.25, 0.3) is 0 Å². The van der Waals surface area contributed by atoms with Crippen LogP contribution in [-0.2, 0) is 12.4 Å². The third-order valence-corrected chi connectivity index (χ3v) is 4.67. The molecule has 0 atom stereocenters. The molecule has 0 aliphatic rings. The van der Waals surface area contributed by atoms with Gasteiger partial charge in [-0.2, -0.15) is 0 Å². The van der Waals surface area contributed by atoms with Crippen molar-refractivity contribution in [2.24, 2.45) is 0 Å². The van der Waals surface area contributed by atoms with E-state index in [1.165, 1.54) is 4.88 Å². The van der Waals surface area contributed by atoms with E-state index >= 15 is 0 Å². The topological polar surface area (TPSA) is 30.7 Å². The predicted molar refractivity (Wildman–Crippen MR) is 88.0 cm³/mol. The molecule has 5 heteroatoms. The highest BCUT2D eigenvalue weighted by Crippen LogP contribution is 2.26. The summed E-state index contributed by atoms with van der Waals surface area (Å²) in [5.41, 5.74) is 3.00. The summed E-state index contributed by atoms with van der Waals surface area (Å²) in [5.74, 6) is 1.28. The molecule has 0 aliphatic carbocycles. The molecular weight excluding hydrogens is 302 g/mol. The van der Waals surface area contributed by atoms with Crippen LogP contribution in [-0.4, -0.2) is 14.5 Å². The monoisotopic (exact) mass is 313 g/mol. The van der Waals surface area contributed by atoms with Crippen molar-refractivity contribution in [3.05, 3.63) is 58.7 Å². The zero-order valence-corrected chi connectivity index (χ0v) is 12.7. The summed E-state index contributed by atoms with van der Waals surface area (Å²) in [6, 6.07) is 12.4. The van der Waals surface area contributed by atoms with Crippen LogP contribution in [0, 0.1) is 0 Å². The smallest absolute Gasteiger partial charge is 0.125 e. The van der Waals surface area contributed by atoms with Crippen LogP contribution in [0.3, 0.4) is 0 Å². The molecule has 0 N–H and O–H groups in total. The van der Waals surface area contributed by atoms with Gasteiger partial charge in [-0.15, -0.1) is 22.9 Å². The molecule has 4 rings (SSSR count). The minimum atomic E-state index is 0.397. The molecule has 0 saturated carbocycles. The summed E-state index contributed by atoms with van der Waals surface area (Å²) < 4.78 is 2.21. The summed E-state index contributed by atoms with van der Waals surface area (Å²) in [7, 11) is 0. The molecule has 0 radical (unpaired) electrons. The van der Waals surface area contributed by atoms with Crippen LogP contribution in [0.2, 0.25) is 0 Å². The average molecular weight is 314 g/mol. The van der Waals surface area contributed by atoms with Crippen LogP contribution in [0.1, 0.15) is 10.7 Å². The number of nitrogens with zero attached hydrogens (tertiary/aromatic N) is 3. The Kier molecular flexibility index (Phi) is 3.13. The summed E-state index contributed by atoms with van der Waals surface area (Å²) in [4.78, 5) is 10.4. The van der Waals surface area contributed by atoms with Gasteiger partial charge in [-0.05, 0) is 17.5 Å². The van der Waals surface area contributed by atoms with Crippen molar-refractivity contribution in [3.63, 3.8) is 0 Å².